The number of aryl methyl sites for hydroxylation is 2. The number of halogens is 2. The van der Waals surface area contributed by atoms with Gasteiger partial charge in [-0.1, -0.05) is 17.2 Å². The lowest BCUT2D eigenvalue weighted by Gasteiger charge is -2.08. The number of benzene rings is 2. The fraction of sp³-hybridized carbons (Fsp3) is 0.133. The minimum Gasteiger partial charge on any atom is -0.322 e. The van der Waals surface area contributed by atoms with Crippen molar-refractivity contribution in [3.05, 3.63) is 63.4 Å². The van der Waals surface area contributed by atoms with E-state index < -0.39 is 0 Å². The molecule has 98 valence electrons. The topological polar surface area (TPSA) is 29.1 Å². The van der Waals surface area contributed by atoms with Crippen molar-refractivity contribution in [1.29, 1.82) is 0 Å². The maximum absolute atomic E-state index is 13.1. The molecule has 2 nitrogen and oxygen atoms in total. The predicted molar refractivity (Wildman–Crippen MR) is 78.0 cm³/mol. The lowest BCUT2D eigenvalue weighted by atomic mass is 10.1. The van der Waals surface area contributed by atoms with E-state index in [9.17, 15) is 9.18 Å². The van der Waals surface area contributed by atoms with Gasteiger partial charge in [-0.15, -0.1) is 0 Å². The third-order valence-electron chi connectivity index (χ3n) is 2.66. The van der Waals surface area contributed by atoms with Crippen LogP contribution < -0.4 is 5.32 Å². The molecule has 0 heterocycles. The first-order valence-corrected chi connectivity index (χ1v) is 6.60. The third-order valence-corrected chi connectivity index (χ3v) is 3.27. The summed E-state index contributed by atoms with van der Waals surface area (Å²) in [6.45, 7) is 3.89. The van der Waals surface area contributed by atoms with E-state index in [0.29, 0.717) is 15.7 Å². The number of amides is 1. The van der Waals surface area contributed by atoms with Crippen molar-refractivity contribution in [2.24, 2.45) is 0 Å². The molecule has 0 radical (unpaired) electrons. The molecule has 0 aliphatic rings. The largest absolute Gasteiger partial charge is 0.322 e. The van der Waals surface area contributed by atoms with Crippen LogP contribution in [0.25, 0.3) is 0 Å². The molecule has 0 aliphatic carbocycles. The highest BCUT2D eigenvalue weighted by Gasteiger charge is 2.08. The van der Waals surface area contributed by atoms with Gasteiger partial charge in [0.1, 0.15) is 5.82 Å². The van der Waals surface area contributed by atoms with Crippen LogP contribution in [0.1, 0.15) is 21.5 Å². The SMILES string of the molecule is Cc1cc(C)cc(C(=O)Nc2ccc(F)c(Br)c2)c1. The second kappa shape index (κ2) is 5.53. The molecule has 1 N–H and O–H groups in total. The van der Waals surface area contributed by atoms with Gasteiger partial charge in [-0.3, -0.25) is 4.79 Å². The number of carbonyl (C=O) groups is 1. The van der Waals surface area contributed by atoms with Crippen molar-refractivity contribution >= 4 is 27.5 Å². The van der Waals surface area contributed by atoms with Gasteiger partial charge < -0.3 is 5.32 Å². The average Bonchev–Trinajstić information content (AvgIpc) is 2.32. The summed E-state index contributed by atoms with van der Waals surface area (Å²) in [7, 11) is 0. The van der Waals surface area contributed by atoms with E-state index >= 15 is 0 Å². The van der Waals surface area contributed by atoms with Crippen LogP contribution in [0.5, 0.6) is 0 Å². The molecule has 0 aromatic heterocycles. The zero-order chi connectivity index (χ0) is 14.0. The summed E-state index contributed by atoms with van der Waals surface area (Å²) >= 11 is 3.09. The maximum atomic E-state index is 13.1. The molecule has 0 spiro atoms. The number of hydrogen-bond donors (Lipinski definition) is 1. The number of nitrogens with one attached hydrogen (secondary N) is 1. The first-order chi connectivity index (χ1) is 8.95. The molecule has 19 heavy (non-hydrogen) atoms. The van der Waals surface area contributed by atoms with Crippen molar-refractivity contribution < 1.29 is 9.18 Å². The molecule has 0 fully saturated rings. The quantitative estimate of drug-likeness (QED) is 0.869. The van der Waals surface area contributed by atoms with Crippen LogP contribution in [0.4, 0.5) is 10.1 Å². The van der Waals surface area contributed by atoms with E-state index in [1.807, 2.05) is 32.0 Å². The standard InChI is InChI=1S/C15H13BrFNO/c1-9-5-10(2)7-11(6-9)15(19)18-12-3-4-14(17)13(16)8-12/h3-8H,1-2H3,(H,18,19). The second-order valence-corrected chi connectivity index (χ2v) is 5.31. The highest BCUT2D eigenvalue weighted by Crippen LogP contribution is 2.20. The van der Waals surface area contributed by atoms with Crippen molar-refractivity contribution in [2.75, 3.05) is 5.32 Å². The first-order valence-electron chi connectivity index (χ1n) is 5.80. The van der Waals surface area contributed by atoms with Gasteiger partial charge in [0.05, 0.1) is 4.47 Å². The van der Waals surface area contributed by atoms with Gasteiger partial charge in [-0.05, 0) is 60.1 Å². The first kappa shape index (κ1) is 13.7. The molecule has 0 bridgehead atoms. The summed E-state index contributed by atoms with van der Waals surface area (Å²) in [5.41, 5.74) is 3.21. The van der Waals surface area contributed by atoms with Gasteiger partial charge in [0, 0.05) is 11.3 Å². The highest BCUT2D eigenvalue weighted by molar-refractivity contribution is 9.10. The molecular weight excluding hydrogens is 309 g/mol. The summed E-state index contributed by atoms with van der Waals surface area (Å²) in [4.78, 5) is 12.1. The molecule has 0 saturated carbocycles. The van der Waals surface area contributed by atoms with Crippen molar-refractivity contribution in [2.45, 2.75) is 13.8 Å². The summed E-state index contributed by atoms with van der Waals surface area (Å²) in [5, 5.41) is 2.75. The molecule has 0 saturated heterocycles. The van der Waals surface area contributed by atoms with Crippen LogP contribution >= 0.6 is 15.9 Å². The molecular formula is C15H13BrFNO. The third kappa shape index (κ3) is 3.41. The normalized spacial score (nSPS) is 10.3. The molecule has 2 aromatic carbocycles. The molecule has 0 aliphatic heterocycles. The van der Waals surface area contributed by atoms with Crippen LogP contribution in [0.15, 0.2) is 40.9 Å². The molecule has 1 amide bonds. The molecule has 4 heteroatoms. The lowest BCUT2D eigenvalue weighted by molar-refractivity contribution is 0.102. The van der Waals surface area contributed by atoms with Gasteiger partial charge >= 0.3 is 0 Å². The zero-order valence-electron chi connectivity index (χ0n) is 10.6. The fourth-order valence-corrected chi connectivity index (χ4v) is 2.26. The Bertz CT molecular complexity index is 620. The van der Waals surface area contributed by atoms with E-state index in [-0.39, 0.29) is 11.7 Å². The van der Waals surface area contributed by atoms with E-state index in [2.05, 4.69) is 21.2 Å². The zero-order valence-corrected chi connectivity index (χ0v) is 12.2. The van der Waals surface area contributed by atoms with Gasteiger partial charge in [-0.2, -0.15) is 0 Å². The van der Waals surface area contributed by atoms with E-state index in [1.165, 1.54) is 18.2 Å². The number of carbonyl (C=O) groups excluding carboxylic acids is 1. The Morgan fingerprint density at radius 3 is 2.32 bits per heavy atom. The van der Waals surface area contributed by atoms with Crippen LogP contribution in [-0.2, 0) is 0 Å². The minimum absolute atomic E-state index is 0.203. The van der Waals surface area contributed by atoms with Gasteiger partial charge in [0.25, 0.3) is 5.91 Å². The maximum Gasteiger partial charge on any atom is 0.255 e. The van der Waals surface area contributed by atoms with Crippen LogP contribution in [0, 0.1) is 19.7 Å². The summed E-state index contributed by atoms with van der Waals surface area (Å²) in [6.07, 6.45) is 0. The van der Waals surface area contributed by atoms with Crippen LogP contribution in [0.2, 0.25) is 0 Å². The minimum atomic E-state index is -0.357. The number of anilines is 1. The Kier molecular flexibility index (Phi) is 4.00. The molecule has 2 rings (SSSR count). The van der Waals surface area contributed by atoms with Crippen molar-refractivity contribution in [1.82, 2.24) is 0 Å². The van der Waals surface area contributed by atoms with E-state index in [1.54, 1.807) is 0 Å². The Morgan fingerprint density at radius 2 is 1.74 bits per heavy atom. The van der Waals surface area contributed by atoms with Gasteiger partial charge in [-0.25, -0.2) is 4.39 Å². The monoisotopic (exact) mass is 321 g/mol. The van der Waals surface area contributed by atoms with Gasteiger partial charge in [0.2, 0.25) is 0 Å². The molecule has 0 atom stereocenters. The molecule has 2 aromatic rings. The summed E-state index contributed by atoms with van der Waals surface area (Å²) in [6, 6.07) is 10.0. The number of hydrogen-bond acceptors (Lipinski definition) is 1. The Balaban J connectivity index is 2.22. The van der Waals surface area contributed by atoms with E-state index in [4.69, 9.17) is 0 Å². The Morgan fingerprint density at radius 1 is 1.11 bits per heavy atom. The summed E-state index contributed by atoms with van der Waals surface area (Å²) < 4.78 is 13.4. The van der Waals surface area contributed by atoms with Crippen LogP contribution in [-0.4, -0.2) is 5.91 Å². The molecule has 0 unspecified atom stereocenters. The van der Waals surface area contributed by atoms with Crippen LogP contribution in [0.3, 0.4) is 0 Å². The fourth-order valence-electron chi connectivity index (χ4n) is 1.88. The van der Waals surface area contributed by atoms with Crippen molar-refractivity contribution in [3.8, 4) is 0 Å². The van der Waals surface area contributed by atoms with Gasteiger partial charge in [0.15, 0.2) is 0 Å². The average molecular weight is 322 g/mol. The smallest absolute Gasteiger partial charge is 0.255 e. The van der Waals surface area contributed by atoms with E-state index in [0.717, 1.165) is 11.1 Å². The summed E-state index contributed by atoms with van der Waals surface area (Å²) in [5.74, 6) is -0.560. The predicted octanol–water partition coefficient (Wildman–Crippen LogP) is 4.46. The number of rotatable bonds is 2. The lowest BCUT2D eigenvalue weighted by Crippen LogP contribution is -2.12. The highest BCUT2D eigenvalue weighted by atomic mass is 79.9. The Labute approximate surface area is 119 Å². The second-order valence-electron chi connectivity index (χ2n) is 4.46. The Hall–Kier alpha value is -1.68. The van der Waals surface area contributed by atoms with Crippen molar-refractivity contribution in [3.63, 3.8) is 0 Å².